The Balaban J connectivity index is 1.86. The molecule has 4 unspecified atom stereocenters. The zero-order valence-electron chi connectivity index (χ0n) is 20.3. The molecule has 0 spiro atoms. The lowest BCUT2D eigenvalue weighted by atomic mass is 10.0. The van der Waals surface area contributed by atoms with Crippen LogP contribution in [-0.2, 0) is 35.2 Å². The Morgan fingerprint density at radius 2 is 1.63 bits per heavy atom. The van der Waals surface area contributed by atoms with Crippen LogP contribution in [0.3, 0.4) is 0 Å². The van der Waals surface area contributed by atoms with E-state index in [2.05, 4.69) is 15.6 Å². The number of likely N-dealkylation sites (tertiary alicyclic amines) is 1. The third-order valence-electron chi connectivity index (χ3n) is 6.28. The first-order valence-corrected chi connectivity index (χ1v) is 11.9. The van der Waals surface area contributed by atoms with Crippen molar-refractivity contribution in [3.05, 3.63) is 36.0 Å². The molecule has 38 heavy (non-hydrogen) atoms. The summed E-state index contributed by atoms with van der Waals surface area (Å²) in [4.78, 5) is 77.1. The van der Waals surface area contributed by atoms with Crippen LogP contribution in [0.25, 0.3) is 10.9 Å². The Kier molecular flexibility index (Phi) is 9.02. The molecule has 1 saturated heterocycles. The summed E-state index contributed by atoms with van der Waals surface area (Å²) in [5.74, 6) is -6.69. The van der Waals surface area contributed by atoms with Gasteiger partial charge in [-0.3, -0.25) is 24.0 Å². The van der Waals surface area contributed by atoms with Gasteiger partial charge in [-0.2, -0.15) is 0 Å². The smallest absolute Gasteiger partial charge is 0.326 e. The maximum absolute atomic E-state index is 13.3. The molecule has 0 saturated carbocycles. The van der Waals surface area contributed by atoms with Gasteiger partial charge >= 0.3 is 17.9 Å². The number of hydrogen-bond acceptors (Lipinski definition) is 7. The predicted octanol–water partition coefficient (Wildman–Crippen LogP) is -0.968. The van der Waals surface area contributed by atoms with Gasteiger partial charge in [0.25, 0.3) is 0 Å². The summed E-state index contributed by atoms with van der Waals surface area (Å²) >= 11 is 0. The second-order valence-corrected chi connectivity index (χ2v) is 9.02. The van der Waals surface area contributed by atoms with Crippen molar-refractivity contribution >= 4 is 46.5 Å². The number of nitrogens with two attached hydrogens (primary N) is 1. The first-order chi connectivity index (χ1) is 18.0. The lowest BCUT2D eigenvalue weighted by Gasteiger charge is -2.28. The van der Waals surface area contributed by atoms with E-state index in [-0.39, 0.29) is 19.4 Å². The van der Waals surface area contributed by atoms with Gasteiger partial charge in [0.1, 0.15) is 18.1 Å². The summed E-state index contributed by atoms with van der Waals surface area (Å²) in [7, 11) is 0. The Morgan fingerprint density at radius 1 is 0.974 bits per heavy atom. The minimum atomic E-state index is -1.60. The van der Waals surface area contributed by atoms with Crippen LogP contribution in [0.1, 0.15) is 31.2 Å². The van der Waals surface area contributed by atoms with Gasteiger partial charge in [-0.25, -0.2) is 4.79 Å². The first kappa shape index (κ1) is 28.1. The lowest BCUT2D eigenvalue weighted by molar-refractivity contribution is -0.150. The maximum Gasteiger partial charge on any atom is 0.326 e. The van der Waals surface area contributed by atoms with Crippen LogP contribution < -0.4 is 16.4 Å². The van der Waals surface area contributed by atoms with E-state index >= 15 is 0 Å². The number of aromatic amines is 1. The summed E-state index contributed by atoms with van der Waals surface area (Å²) in [6, 6.07) is 1.57. The normalized spacial score (nSPS) is 17.4. The van der Waals surface area contributed by atoms with Crippen LogP contribution in [0, 0.1) is 0 Å². The van der Waals surface area contributed by atoms with E-state index in [0.29, 0.717) is 12.0 Å². The van der Waals surface area contributed by atoms with E-state index in [1.807, 2.05) is 0 Å². The van der Waals surface area contributed by atoms with E-state index < -0.39 is 72.6 Å². The van der Waals surface area contributed by atoms with Gasteiger partial charge < -0.3 is 41.6 Å². The number of nitrogens with one attached hydrogen (secondary N) is 3. The number of aliphatic carboxylic acids is 3. The number of aromatic nitrogens is 1. The second kappa shape index (κ2) is 12.2. The molecule has 4 atom stereocenters. The minimum Gasteiger partial charge on any atom is -0.481 e. The van der Waals surface area contributed by atoms with Gasteiger partial charge in [0.2, 0.25) is 17.7 Å². The third kappa shape index (κ3) is 6.85. The van der Waals surface area contributed by atoms with Crippen molar-refractivity contribution in [1.29, 1.82) is 0 Å². The third-order valence-corrected chi connectivity index (χ3v) is 6.28. The van der Waals surface area contributed by atoms with Crippen molar-refractivity contribution in [2.75, 3.05) is 6.54 Å². The topological polar surface area (TPSA) is 232 Å². The van der Waals surface area contributed by atoms with E-state index in [9.17, 15) is 39.0 Å². The van der Waals surface area contributed by atoms with Crippen LogP contribution >= 0.6 is 0 Å². The number of carbonyl (C=O) groups excluding carboxylic acids is 3. The number of benzene rings is 1. The molecular weight excluding hydrogens is 502 g/mol. The SMILES string of the molecule is NC(CC(=O)O)C(=O)NC(Cc1c[nH]c2ccccc12)C(=O)NC(CC(=O)O)C(=O)N1CCCC1C(=O)O. The highest BCUT2D eigenvalue weighted by Crippen LogP contribution is 2.21. The molecular formula is C24H29N5O9. The number of fused-ring (bicyclic) bond motifs is 1. The second-order valence-electron chi connectivity index (χ2n) is 9.02. The molecule has 3 amide bonds. The zero-order valence-corrected chi connectivity index (χ0v) is 20.3. The van der Waals surface area contributed by atoms with Crippen molar-refractivity contribution in [1.82, 2.24) is 20.5 Å². The molecule has 8 N–H and O–H groups in total. The highest BCUT2D eigenvalue weighted by molar-refractivity contribution is 5.96. The van der Waals surface area contributed by atoms with E-state index in [1.54, 1.807) is 30.5 Å². The molecule has 1 fully saturated rings. The van der Waals surface area contributed by atoms with Gasteiger partial charge in [0.05, 0.1) is 18.9 Å². The Labute approximate surface area is 216 Å². The van der Waals surface area contributed by atoms with Gasteiger partial charge in [-0.1, -0.05) is 18.2 Å². The quantitative estimate of drug-likeness (QED) is 0.177. The Bertz CT molecular complexity index is 1240. The fourth-order valence-corrected chi connectivity index (χ4v) is 4.42. The summed E-state index contributed by atoms with van der Waals surface area (Å²) in [6.45, 7) is 0.0847. The van der Waals surface area contributed by atoms with Gasteiger partial charge in [0.15, 0.2) is 0 Å². The van der Waals surface area contributed by atoms with Crippen molar-refractivity contribution in [2.45, 2.75) is 56.3 Å². The summed E-state index contributed by atoms with van der Waals surface area (Å²) in [6.07, 6.45) is 0.595. The molecule has 1 aromatic heterocycles. The Hall–Kier alpha value is -4.46. The molecule has 0 radical (unpaired) electrons. The number of amides is 3. The van der Waals surface area contributed by atoms with Crippen molar-refractivity contribution in [3.63, 3.8) is 0 Å². The molecule has 1 aliphatic heterocycles. The molecule has 2 aromatic rings. The van der Waals surface area contributed by atoms with Gasteiger partial charge in [-0.15, -0.1) is 0 Å². The highest BCUT2D eigenvalue weighted by atomic mass is 16.4. The van der Waals surface area contributed by atoms with Crippen LogP contribution in [0.2, 0.25) is 0 Å². The van der Waals surface area contributed by atoms with E-state index in [0.717, 1.165) is 15.8 Å². The maximum atomic E-state index is 13.3. The number of para-hydroxylation sites is 1. The molecule has 2 heterocycles. The summed E-state index contributed by atoms with van der Waals surface area (Å²) < 4.78 is 0. The highest BCUT2D eigenvalue weighted by Gasteiger charge is 2.39. The molecule has 14 nitrogen and oxygen atoms in total. The molecule has 1 aliphatic rings. The monoisotopic (exact) mass is 531 g/mol. The lowest BCUT2D eigenvalue weighted by Crippen LogP contribution is -2.58. The molecule has 204 valence electrons. The van der Waals surface area contributed by atoms with Crippen molar-refractivity contribution in [3.8, 4) is 0 Å². The van der Waals surface area contributed by atoms with Crippen LogP contribution in [-0.4, -0.2) is 91.5 Å². The van der Waals surface area contributed by atoms with E-state index in [1.165, 1.54) is 0 Å². The molecule has 1 aromatic carbocycles. The van der Waals surface area contributed by atoms with Crippen LogP contribution in [0.4, 0.5) is 0 Å². The fourth-order valence-electron chi connectivity index (χ4n) is 4.42. The molecule has 14 heteroatoms. The predicted molar refractivity (Wildman–Crippen MR) is 131 cm³/mol. The summed E-state index contributed by atoms with van der Waals surface area (Å²) in [5.41, 5.74) is 7.01. The van der Waals surface area contributed by atoms with Gasteiger partial charge in [-0.05, 0) is 24.5 Å². The fraction of sp³-hybridized carbons (Fsp3) is 0.417. The number of nitrogens with zero attached hydrogens (tertiary/aromatic N) is 1. The zero-order chi connectivity index (χ0) is 28.0. The molecule has 0 bridgehead atoms. The number of H-pyrrole nitrogens is 1. The number of rotatable bonds is 12. The van der Waals surface area contributed by atoms with Gasteiger partial charge in [0, 0.05) is 30.1 Å². The van der Waals surface area contributed by atoms with E-state index in [4.69, 9.17) is 10.8 Å². The van der Waals surface area contributed by atoms with Crippen molar-refractivity contribution < 1.29 is 44.1 Å². The Morgan fingerprint density at radius 3 is 2.29 bits per heavy atom. The standard InChI is InChI=1S/C24H29N5O9/c25-14(9-19(30)31)21(34)27-16(8-12-11-26-15-5-2-1-4-13(12)15)22(35)28-17(10-20(32)33)23(36)29-7-3-6-18(29)24(37)38/h1-2,4-5,11,14,16-18,26H,3,6-10,25H2,(H,27,34)(H,28,35)(H,30,31)(H,32,33)(H,37,38). The average Bonchev–Trinajstić information content (AvgIpc) is 3.49. The summed E-state index contributed by atoms with van der Waals surface area (Å²) in [5, 5.41) is 33.2. The number of carboxylic acids is 3. The van der Waals surface area contributed by atoms with Crippen LogP contribution in [0.15, 0.2) is 30.5 Å². The average molecular weight is 532 g/mol. The number of hydrogen-bond donors (Lipinski definition) is 7. The molecule has 0 aliphatic carbocycles. The minimum absolute atomic E-state index is 0.0847. The van der Waals surface area contributed by atoms with Crippen molar-refractivity contribution in [2.24, 2.45) is 5.73 Å². The number of carboxylic acid groups (broad SMARTS) is 3. The first-order valence-electron chi connectivity index (χ1n) is 11.9. The largest absolute Gasteiger partial charge is 0.481 e. The van der Waals surface area contributed by atoms with Crippen LogP contribution in [0.5, 0.6) is 0 Å². The number of carbonyl (C=O) groups is 6. The molecule has 3 rings (SSSR count).